The summed E-state index contributed by atoms with van der Waals surface area (Å²) in [6.45, 7) is 2.24. The minimum absolute atomic E-state index is 0.0639. The van der Waals surface area contributed by atoms with Gasteiger partial charge in [0.05, 0.1) is 10.0 Å². The maximum atomic E-state index is 13.6. The van der Waals surface area contributed by atoms with Gasteiger partial charge in [-0.1, -0.05) is 35.7 Å². The lowest BCUT2D eigenvalue weighted by atomic mass is 9.99. The first-order valence-corrected chi connectivity index (χ1v) is 11.9. The standard InChI is InChI=1S/C19H19Cl2F3N4O2S/c1-11-18(31(29,30)27-7-3-2-4-8-27)17(12-5-6-13(20)14(21)9-12)28-16(25-11)10-15(26-28)19(22,23)24/h5-6,9-10,17-18H,2-4,7-8H2,1H3. The zero-order chi connectivity index (χ0) is 22.6. The molecule has 2 aliphatic rings. The normalized spacial score (nSPS) is 22.8. The molecule has 3 heterocycles. The summed E-state index contributed by atoms with van der Waals surface area (Å²) in [4.78, 5) is 4.19. The van der Waals surface area contributed by atoms with Crippen molar-refractivity contribution < 1.29 is 21.6 Å². The van der Waals surface area contributed by atoms with E-state index in [0.29, 0.717) is 18.7 Å². The van der Waals surface area contributed by atoms with E-state index in [0.717, 1.165) is 30.0 Å². The highest BCUT2D eigenvalue weighted by Gasteiger charge is 2.46. The Hall–Kier alpha value is -1.62. The van der Waals surface area contributed by atoms with Crippen LogP contribution >= 0.6 is 23.2 Å². The summed E-state index contributed by atoms with van der Waals surface area (Å²) in [5.41, 5.74) is -0.560. The molecule has 1 aromatic heterocycles. The maximum absolute atomic E-state index is 13.6. The van der Waals surface area contributed by atoms with E-state index in [1.807, 2.05) is 0 Å². The van der Waals surface area contributed by atoms with Crippen LogP contribution < -0.4 is 0 Å². The van der Waals surface area contributed by atoms with E-state index in [1.54, 1.807) is 6.07 Å². The van der Waals surface area contributed by atoms with Crippen LogP contribution in [0.3, 0.4) is 0 Å². The summed E-state index contributed by atoms with van der Waals surface area (Å²) in [7, 11) is -3.94. The van der Waals surface area contributed by atoms with E-state index in [4.69, 9.17) is 23.2 Å². The van der Waals surface area contributed by atoms with Crippen molar-refractivity contribution in [3.63, 3.8) is 0 Å². The molecule has 0 saturated carbocycles. The molecule has 2 atom stereocenters. The Kier molecular flexibility index (Phi) is 5.87. The van der Waals surface area contributed by atoms with Crippen LogP contribution in [-0.2, 0) is 16.2 Å². The number of rotatable bonds is 3. The SMILES string of the molecule is CC1=Nc2cc(C(F)(F)F)nn2C(c2ccc(Cl)c(Cl)c2)C1S(=O)(=O)N1CCCCC1. The topological polar surface area (TPSA) is 67.6 Å². The van der Waals surface area contributed by atoms with Crippen LogP contribution in [0.5, 0.6) is 0 Å². The zero-order valence-electron chi connectivity index (χ0n) is 16.4. The third-order valence-corrected chi connectivity index (χ3v) is 8.61. The van der Waals surface area contributed by atoms with Crippen molar-refractivity contribution in [1.29, 1.82) is 0 Å². The van der Waals surface area contributed by atoms with Crippen molar-refractivity contribution in [2.75, 3.05) is 13.1 Å². The quantitative estimate of drug-likeness (QED) is 0.596. The van der Waals surface area contributed by atoms with Gasteiger partial charge in [0, 0.05) is 24.9 Å². The molecule has 31 heavy (non-hydrogen) atoms. The molecule has 0 aliphatic carbocycles. The summed E-state index contributed by atoms with van der Waals surface area (Å²) >= 11 is 12.2. The molecule has 1 aromatic carbocycles. The highest BCUT2D eigenvalue weighted by atomic mass is 35.5. The van der Waals surface area contributed by atoms with Crippen molar-refractivity contribution in [3.8, 4) is 0 Å². The number of sulfonamides is 1. The minimum atomic E-state index is -4.70. The van der Waals surface area contributed by atoms with E-state index in [9.17, 15) is 21.6 Å². The molecule has 168 valence electrons. The van der Waals surface area contributed by atoms with Crippen LogP contribution in [0, 0.1) is 0 Å². The molecule has 2 aliphatic heterocycles. The molecular weight excluding hydrogens is 476 g/mol. The van der Waals surface area contributed by atoms with Gasteiger partial charge in [-0.2, -0.15) is 18.3 Å². The molecule has 0 amide bonds. The fraction of sp³-hybridized carbons (Fsp3) is 0.474. The van der Waals surface area contributed by atoms with Crippen molar-refractivity contribution in [1.82, 2.24) is 14.1 Å². The molecule has 12 heteroatoms. The number of hydrogen-bond donors (Lipinski definition) is 0. The fourth-order valence-corrected chi connectivity index (χ4v) is 6.56. The summed E-state index contributed by atoms with van der Waals surface area (Å²) in [6.07, 6.45) is -2.31. The molecular formula is C19H19Cl2F3N4O2S. The van der Waals surface area contributed by atoms with E-state index >= 15 is 0 Å². The van der Waals surface area contributed by atoms with Crippen LogP contribution in [0.2, 0.25) is 10.0 Å². The van der Waals surface area contributed by atoms with Crippen molar-refractivity contribution in [2.24, 2.45) is 4.99 Å². The number of fused-ring (bicyclic) bond motifs is 1. The summed E-state index contributed by atoms with van der Waals surface area (Å²) in [5.74, 6) is -0.0639. The van der Waals surface area contributed by atoms with Crippen LogP contribution in [-0.4, -0.2) is 46.6 Å². The van der Waals surface area contributed by atoms with Gasteiger partial charge in [0.2, 0.25) is 10.0 Å². The Morgan fingerprint density at radius 3 is 2.35 bits per heavy atom. The number of hydrogen-bond acceptors (Lipinski definition) is 4. The van der Waals surface area contributed by atoms with E-state index in [1.165, 1.54) is 23.4 Å². The number of halogens is 5. The Bertz CT molecular complexity index is 1140. The first kappa shape index (κ1) is 22.6. The molecule has 0 spiro atoms. The molecule has 0 radical (unpaired) electrons. The predicted molar refractivity (Wildman–Crippen MR) is 113 cm³/mol. The van der Waals surface area contributed by atoms with E-state index < -0.39 is 33.2 Å². The van der Waals surface area contributed by atoms with Gasteiger partial charge in [0.25, 0.3) is 0 Å². The van der Waals surface area contributed by atoms with Gasteiger partial charge in [-0.3, -0.25) is 0 Å². The lowest BCUT2D eigenvalue weighted by Crippen LogP contribution is -2.49. The zero-order valence-corrected chi connectivity index (χ0v) is 18.7. The Labute approximate surface area is 187 Å². The smallest absolute Gasteiger partial charge is 0.238 e. The van der Waals surface area contributed by atoms with Gasteiger partial charge >= 0.3 is 6.18 Å². The van der Waals surface area contributed by atoms with E-state index in [2.05, 4.69) is 10.1 Å². The lowest BCUT2D eigenvalue weighted by Gasteiger charge is -2.36. The van der Waals surface area contributed by atoms with Gasteiger partial charge in [-0.15, -0.1) is 0 Å². The van der Waals surface area contributed by atoms with Gasteiger partial charge in [-0.25, -0.2) is 22.4 Å². The Morgan fingerprint density at radius 2 is 1.74 bits per heavy atom. The van der Waals surface area contributed by atoms with Crippen LogP contribution in [0.1, 0.15) is 43.5 Å². The molecule has 0 N–H and O–H groups in total. The monoisotopic (exact) mass is 494 g/mol. The first-order chi connectivity index (χ1) is 14.5. The number of aliphatic imine (C=N–C) groups is 1. The van der Waals surface area contributed by atoms with Crippen molar-refractivity contribution >= 4 is 44.8 Å². The van der Waals surface area contributed by atoms with Crippen molar-refractivity contribution in [3.05, 3.63) is 45.6 Å². The second-order valence-corrected chi connectivity index (χ2v) is 10.5. The molecule has 1 saturated heterocycles. The second-order valence-electron chi connectivity index (χ2n) is 7.63. The maximum Gasteiger partial charge on any atom is 0.435 e. The predicted octanol–water partition coefficient (Wildman–Crippen LogP) is 5.09. The van der Waals surface area contributed by atoms with Crippen LogP contribution in [0.4, 0.5) is 19.0 Å². The highest BCUT2D eigenvalue weighted by Crippen LogP contribution is 2.41. The number of nitrogens with zero attached hydrogens (tertiary/aromatic N) is 4. The van der Waals surface area contributed by atoms with Gasteiger partial charge < -0.3 is 0 Å². The molecule has 0 bridgehead atoms. The summed E-state index contributed by atoms with van der Waals surface area (Å²) < 4.78 is 69.7. The number of piperidine rings is 1. The molecule has 1 fully saturated rings. The third kappa shape index (κ3) is 4.10. The first-order valence-electron chi connectivity index (χ1n) is 9.66. The average molecular weight is 495 g/mol. The Balaban J connectivity index is 1.90. The minimum Gasteiger partial charge on any atom is -0.238 e. The molecule has 4 rings (SSSR count). The molecule has 6 nitrogen and oxygen atoms in total. The van der Waals surface area contributed by atoms with Crippen molar-refractivity contribution in [2.45, 2.75) is 43.7 Å². The summed E-state index contributed by atoms with van der Waals surface area (Å²) in [6, 6.07) is 4.24. The average Bonchev–Trinajstić information content (AvgIpc) is 3.14. The van der Waals surface area contributed by atoms with Gasteiger partial charge in [-0.05, 0) is 37.5 Å². The lowest BCUT2D eigenvalue weighted by molar-refractivity contribution is -0.141. The highest BCUT2D eigenvalue weighted by molar-refractivity contribution is 7.90. The number of aromatic nitrogens is 2. The largest absolute Gasteiger partial charge is 0.435 e. The number of benzene rings is 1. The molecule has 2 aromatic rings. The number of alkyl halides is 3. The fourth-order valence-electron chi connectivity index (χ4n) is 4.08. The molecule has 2 unspecified atom stereocenters. The van der Waals surface area contributed by atoms with Gasteiger partial charge in [0.15, 0.2) is 11.5 Å². The van der Waals surface area contributed by atoms with E-state index in [-0.39, 0.29) is 21.6 Å². The summed E-state index contributed by atoms with van der Waals surface area (Å²) in [5, 5.41) is 2.89. The van der Waals surface area contributed by atoms with Crippen LogP contribution in [0.25, 0.3) is 0 Å². The second kappa shape index (κ2) is 8.06. The Morgan fingerprint density at radius 1 is 1.06 bits per heavy atom. The van der Waals surface area contributed by atoms with Gasteiger partial charge in [0.1, 0.15) is 11.3 Å². The van der Waals surface area contributed by atoms with Crippen LogP contribution in [0.15, 0.2) is 29.3 Å². The third-order valence-electron chi connectivity index (χ3n) is 5.54.